The lowest BCUT2D eigenvalue weighted by atomic mass is 10.4. The van der Waals surface area contributed by atoms with Gasteiger partial charge in [-0.3, -0.25) is 0 Å². The molecule has 16 heavy (non-hydrogen) atoms. The highest BCUT2D eigenvalue weighted by Crippen LogP contribution is 2.22. The predicted molar refractivity (Wildman–Crippen MR) is 55.9 cm³/mol. The fourth-order valence-electron chi connectivity index (χ4n) is 1.14. The molecule has 0 aliphatic heterocycles. The van der Waals surface area contributed by atoms with E-state index >= 15 is 0 Å². The van der Waals surface area contributed by atoms with E-state index in [2.05, 4.69) is 15.0 Å². The quantitative estimate of drug-likeness (QED) is 0.731. The lowest BCUT2D eigenvalue weighted by Crippen LogP contribution is -2.09. The Morgan fingerprint density at radius 1 is 1.50 bits per heavy atom. The van der Waals surface area contributed by atoms with Crippen LogP contribution in [0.2, 0.25) is 0 Å². The molecule has 1 heterocycles. The van der Waals surface area contributed by atoms with Crippen LogP contribution in [-0.2, 0) is 4.74 Å². The molecule has 0 amide bonds. The van der Waals surface area contributed by atoms with Crippen LogP contribution < -0.4 is 10.1 Å². The molecular weight excluding hydrogens is 218 g/mol. The summed E-state index contributed by atoms with van der Waals surface area (Å²) in [6, 6.07) is 2.98. The molecule has 90 valence electrons. The van der Waals surface area contributed by atoms with Gasteiger partial charge in [0.15, 0.2) is 11.6 Å². The average molecular weight is 232 g/mol. The second kappa shape index (κ2) is 6.95. The van der Waals surface area contributed by atoms with E-state index in [-0.39, 0.29) is 5.75 Å². The Labute approximate surface area is 92.6 Å². The first-order chi connectivity index (χ1) is 7.74. The topological polar surface area (TPSA) is 43.4 Å². The molecule has 0 aliphatic rings. The minimum Gasteiger partial charge on any atom is -0.431 e. The first-order valence-corrected chi connectivity index (χ1v) is 4.86. The normalized spacial score (nSPS) is 10.5. The van der Waals surface area contributed by atoms with Crippen molar-refractivity contribution in [2.24, 2.45) is 0 Å². The number of halogens is 2. The van der Waals surface area contributed by atoms with Crippen molar-refractivity contribution < 1.29 is 18.3 Å². The highest BCUT2D eigenvalue weighted by Gasteiger charge is 2.09. The summed E-state index contributed by atoms with van der Waals surface area (Å²) in [5.74, 6) is 0.369. The van der Waals surface area contributed by atoms with Crippen LogP contribution >= 0.6 is 0 Å². The van der Waals surface area contributed by atoms with Crippen LogP contribution in [0.15, 0.2) is 18.3 Å². The number of methoxy groups -OCH3 is 1. The van der Waals surface area contributed by atoms with Crippen molar-refractivity contribution in [1.29, 1.82) is 0 Å². The molecular formula is C10H14F2N2O2. The first kappa shape index (κ1) is 12.6. The number of alkyl halides is 2. The van der Waals surface area contributed by atoms with E-state index < -0.39 is 6.61 Å². The van der Waals surface area contributed by atoms with Crippen molar-refractivity contribution in [3.63, 3.8) is 0 Å². The maximum Gasteiger partial charge on any atom is 0.387 e. The van der Waals surface area contributed by atoms with Crippen LogP contribution in [0, 0.1) is 0 Å². The smallest absolute Gasteiger partial charge is 0.387 e. The SMILES string of the molecule is COCCCNc1ncccc1OC(F)F. The Bertz CT molecular complexity index is 311. The molecule has 1 aromatic heterocycles. The second-order valence-corrected chi connectivity index (χ2v) is 3.00. The minimum absolute atomic E-state index is 0.0508. The van der Waals surface area contributed by atoms with Gasteiger partial charge in [-0.05, 0) is 18.6 Å². The van der Waals surface area contributed by atoms with E-state index in [9.17, 15) is 8.78 Å². The van der Waals surface area contributed by atoms with E-state index in [1.54, 1.807) is 7.11 Å². The van der Waals surface area contributed by atoms with Gasteiger partial charge >= 0.3 is 6.61 Å². The van der Waals surface area contributed by atoms with Crippen molar-refractivity contribution in [2.75, 3.05) is 25.6 Å². The molecule has 0 aromatic carbocycles. The van der Waals surface area contributed by atoms with Crippen molar-refractivity contribution in [1.82, 2.24) is 4.98 Å². The van der Waals surface area contributed by atoms with Gasteiger partial charge in [0.05, 0.1) is 0 Å². The maximum absolute atomic E-state index is 12.0. The molecule has 0 atom stereocenters. The van der Waals surface area contributed by atoms with Gasteiger partial charge in [-0.25, -0.2) is 4.98 Å². The van der Waals surface area contributed by atoms with Crippen LogP contribution in [0.3, 0.4) is 0 Å². The summed E-state index contributed by atoms with van der Waals surface area (Å²) in [7, 11) is 1.60. The molecule has 1 rings (SSSR count). The Kier molecular flexibility index (Phi) is 5.49. The molecule has 4 nitrogen and oxygen atoms in total. The Morgan fingerprint density at radius 3 is 3.00 bits per heavy atom. The van der Waals surface area contributed by atoms with Crippen LogP contribution in [0.25, 0.3) is 0 Å². The highest BCUT2D eigenvalue weighted by atomic mass is 19.3. The maximum atomic E-state index is 12.0. The van der Waals surface area contributed by atoms with Crippen LogP contribution in [0.5, 0.6) is 5.75 Å². The van der Waals surface area contributed by atoms with Crippen LogP contribution in [0.4, 0.5) is 14.6 Å². The Balaban J connectivity index is 2.50. The van der Waals surface area contributed by atoms with Crippen molar-refractivity contribution in [3.05, 3.63) is 18.3 Å². The largest absolute Gasteiger partial charge is 0.431 e. The molecule has 0 aliphatic carbocycles. The standard InChI is InChI=1S/C10H14F2N2O2/c1-15-7-3-6-14-9-8(16-10(11)12)4-2-5-13-9/h2,4-5,10H,3,6-7H2,1H3,(H,13,14). The zero-order chi connectivity index (χ0) is 11.8. The number of nitrogens with zero attached hydrogens (tertiary/aromatic N) is 1. The zero-order valence-corrected chi connectivity index (χ0v) is 8.95. The molecule has 0 spiro atoms. The van der Waals surface area contributed by atoms with Crippen molar-refractivity contribution in [3.8, 4) is 5.75 Å². The lowest BCUT2D eigenvalue weighted by Gasteiger charge is -2.10. The number of anilines is 1. The predicted octanol–water partition coefficient (Wildman–Crippen LogP) is 2.13. The molecule has 0 saturated carbocycles. The highest BCUT2D eigenvalue weighted by molar-refractivity contribution is 5.49. The van der Waals surface area contributed by atoms with Gasteiger partial charge in [0.25, 0.3) is 0 Å². The monoisotopic (exact) mass is 232 g/mol. The summed E-state index contributed by atoms with van der Waals surface area (Å²) in [5.41, 5.74) is 0. The zero-order valence-electron chi connectivity index (χ0n) is 8.95. The summed E-state index contributed by atoms with van der Waals surface area (Å²) in [6.45, 7) is -1.65. The van der Waals surface area contributed by atoms with Gasteiger partial charge in [0.1, 0.15) is 0 Å². The number of hydrogen-bond donors (Lipinski definition) is 1. The molecule has 0 radical (unpaired) electrons. The summed E-state index contributed by atoms with van der Waals surface area (Å²) in [4.78, 5) is 3.92. The van der Waals surface area contributed by atoms with E-state index in [0.29, 0.717) is 19.0 Å². The van der Waals surface area contributed by atoms with E-state index in [4.69, 9.17) is 4.74 Å². The fraction of sp³-hybridized carbons (Fsp3) is 0.500. The third kappa shape index (κ3) is 4.39. The molecule has 0 bridgehead atoms. The third-order valence-electron chi connectivity index (χ3n) is 1.80. The molecule has 0 saturated heterocycles. The molecule has 6 heteroatoms. The first-order valence-electron chi connectivity index (χ1n) is 4.86. The summed E-state index contributed by atoms with van der Waals surface area (Å²) in [6.07, 6.45) is 2.28. The number of nitrogens with one attached hydrogen (secondary N) is 1. The van der Waals surface area contributed by atoms with Gasteiger partial charge in [-0.15, -0.1) is 0 Å². The van der Waals surface area contributed by atoms with E-state index in [0.717, 1.165) is 6.42 Å². The van der Waals surface area contributed by atoms with Gasteiger partial charge in [-0.1, -0.05) is 0 Å². The molecule has 0 fully saturated rings. The second-order valence-electron chi connectivity index (χ2n) is 3.00. The molecule has 1 aromatic rings. The average Bonchev–Trinajstić information content (AvgIpc) is 2.26. The van der Waals surface area contributed by atoms with E-state index in [1.165, 1.54) is 18.3 Å². The van der Waals surface area contributed by atoms with E-state index in [1.807, 2.05) is 0 Å². The van der Waals surface area contributed by atoms with Gasteiger partial charge in [-0.2, -0.15) is 8.78 Å². The lowest BCUT2D eigenvalue weighted by molar-refractivity contribution is -0.0495. The number of ether oxygens (including phenoxy) is 2. The van der Waals surface area contributed by atoms with Crippen LogP contribution in [-0.4, -0.2) is 31.9 Å². The molecule has 1 N–H and O–H groups in total. The Morgan fingerprint density at radius 2 is 2.31 bits per heavy atom. The summed E-state index contributed by atoms with van der Waals surface area (Å²) in [5, 5.41) is 2.90. The molecule has 0 unspecified atom stereocenters. The van der Waals surface area contributed by atoms with Gasteiger partial charge < -0.3 is 14.8 Å². The fourth-order valence-corrected chi connectivity index (χ4v) is 1.14. The number of pyridine rings is 1. The summed E-state index contributed by atoms with van der Waals surface area (Å²) < 4.78 is 33.3. The van der Waals surface area contributed by atoms with Crippen molar-refractivity contribution >= 4 is 5.82 Å². The summed E-state index contributed by atoms with van der Waals surface area (Å²) >= 11 is 0. The van der Waals surface area contributed by atoms with Crippen molar-refractivity contribution in [2.45, 2.75) is 13.0 Å². The Hall–Kier alpha value is -1.43. The minimum atomic E-state index is -2.84. The van der Waals surface area contributed by atoms with Gasteiger partial charge in [0.2, 0.25) is 0 Å². The number of aromatic nitrogens is 1. The number of hydrogen-bond acceptors (Lipinski definition) is 4. The third-order valence-corrected chi connectivity index (χ3v) is 1.80. The van der Waals surface area contributed by atoms with Crippen LogP contribution in [0.1, 0.15) is 6.42 Å². The van der Waals surface area contributed by atoms with Gasteiger partial charge in [0, 0.05) is 26.5 Å². The number of rotatable bonds is 7.